The van der Waals surface area contributed by atoms with Gasteiger partial charge in [0.15, 0.2) is 0 Å². The van der Waals surface area contributed by atoms with E-state index >= 15 is 0 Å². The third-order valence-electron chi connectivity index (χ3n) is 3.76. The first-order valence-electron chi connectivity index (χ1n) is 6.31. The number of aliphatic carboxylic acids is 1. The lowest BCUT2D eigenvalue weighted by molar-refractivity contribution is -0.145. The fraction of sp³-hybridized carbons (Fsp3) is 0.267. The van der Waals surface area contributed by atoms with Crippen LogP contribution >= 0.6 is 11.3 Å². The molecule has 1 aliphatic carbocycles. The number of nitrogens with one attached hydrogen (secondary N) is 1. The van der Waals surface area contributed by atoms with E-state index in [1.54, 1.807) is 11.3 Å². The molecule has 0 radical (unpaired) electrons. The average molecular weight is 273 g/mol. The topological polar surface area (TPSA) is 49.3 Å². The number of carbonyl (C=O) groups is 1. The first kappa shape index (κ1) is 12.4. The summed E-state index contributed by atoms with van der Waals surface area (Å²) in [5.41, 5.74) is 1.13. The second-order valence-electron chi connectivity index (χ2n) is 4.80. The van der Waals surface area contributed by atoms with Crippen molar-refractivity contribution in [1.82, 2.24) is 5.32 Å². The molecule has 4 heteroatoms. The number of benzene rings is 1. The largest absolute Gasteiger partial charge is 0.480 e. The van der Waals surface area contributed by atoms with Crippen LogP contribution in [-0.2, 0) is 23.3 Å². The van der Waals surface area contributed by atoms with Crippen LogP contribution in [0.1, 0.15) is 22.4 Å². The second-order valence-corrected chi connectivity index (χ2v) is 5.83. The lowest BCUT2D eigenvalue weighted by Gasteiger charge is -2.27. The first-order chi connectivity index (χ1) is 9.22. The maximum Gasteiger partial charge on any atom is 0.328 e. The summed E-state index contributed by atoms with van der Waals surface area (Å²) in [7, 11) is 0. The van der Waals surface area contributed by atoms with Crippen molar-refractivity contribution in [2.75, 3.05) is 0 Å². The highest BCUT2D eigenvalue weighted by atomic mass is 32.1. The quantitative estimate of drug-likeness (QED) is 0.900. The van der Waals surface area contributed by atoms with E-state index in [1.165, 1.54) is 0 Å². The number of hydrogen-bond acceptors (Lipinski definition) is 3. The maximum atomic E-state index is 11.8. The molecule has 19 heavy (non-hydrogen) atoms. The van der Waals surface area contributed by atoms with Gasteiger partial charge in [-0.3, -0.25) is 5.32 Å². The van der Waals surface area contributed by atoms with Crippen LogP contribution in [0.5, 0.6) is 0 Å². The standard InChI is InChI=1S/C15H15NO2S/c17-14(18)15(16-10-12-5-3-9-19-12)8-7-11-4-1-2-6-13(11)15/h1-6,9,16H,7-8,10H2,(H,17,18). The van der Waals surface area contributed by atoms with Crippen LogP contribution in [-0.4, -0.2) is 11.1 Å². The predicted octanol–water partition coefficient (Wildman–Crippen LogP) is 2.76. The van der Waals surface area contributed by atoms with Crippen molar-refractivity contribution in [3.63, 3.8) is 0 Å². The number of carboxylic acids is 1. The molecule has 1 atom stereocenters. The fourth-order valence-electron chi connectivity index (χ4n) is 2.74. The molecule has 2 aromatic rings. The molecule has 0 bridgehead atoms. The van der Waals surface area contributed by atoms with Crippen molar-refractivity contribution in [2.24, 2.45) is 0 Å². The van der Waals surface area contributed by atoms with Gasteiger partial charge in [0.1, 0.15) is 5.54 Å². The summed E-state index contributed by atoms with van der Waals surface area (Å²) < 4.78 is 0. The Labute approximate surface area is 115 Å². The van der Waals surface area contributed by atoms with Crippen LogP contribution in [0.25, 0.3) is 0 Å². The van der Waals surface area contributed by atoms with Gasteiger partial charge in [0, 0.05) is 11.4 Å². The number of carboxylic acid groups (broad SMARTS) is 1. The zero-order valence-corrected chi connectivity index (χ0v) is 11.2. The summed E-state index contributed by atoms with van der Waals surface area (Å²) >= 11 is 1.64. The third-order valence-corrected chi connectivity index (χ3v) is 4.63. The minimum atomic E-state index is -0.930. The maximum absolute atomic E-state index is 11.8. The molecule has 1 aromatic heterocycles. The van der Waals surface area contributed by atoms with Gasteiger partial charge in [0.25, 0.3) is 0 Å². The Morgan fingerprint density at radius 3 is 2.89 bits per heavy atom. The normalized spacial score (nSPS) is 21.3. The summed E-state index contributed by atoms with van der Waals surface area (Å²) in [6.45, 7) is 0.596. The van der Waals surface area contributed by atoms with Crippen molar-refractivity contribution >= 4 is 17.3 Å². The molecule has 3 rings (SSSR count). The van der Waals surface area contributed by atoms with Crippen molar-refractivity contribution in [3.05, 3.63) is 57.8 Å². The average Bonchev–Trinajstić information content (AvgIpc) is 3.05. The minimum absolute atomic E-state index is 0.596. The van der Waals surface area contributed by atoms with Crippen LogP contribution in [0.2, 0.25) is 0 Å². The van der Waals surface area contributed by atoms with Gasteiger partial charge >= 0.3 is 5.97 Å². The van der Waals surface area contributed by atoms with Crippen molar-refractivity contribution in [1.29, 1.82) is 0 Å². The summed E-state index contributed by atoms with van der Waals surface area (Å²) in [4.78, 5) is 12.9. The highest BCUT2D eigenvalue weighted by Crippen LogP contribution is 2.37. The van der Waals surface area contributed by atoms with Gasteiger partial charge in [0.05, 0.1) is 0 Å². The molecule has 98 valence electrons. The molecular weight excluding hydrogens is 258 g/mol. The van der Waals surface area contributed by atoms with Crippen LogP contribution in [0.4, 0.5) is 0 Å². The van der Waals surface area contributed by atoms with Crippen LogP contribution in [0.15, 0.2) is 41.8 Å². The predicted molar refractivity (Wildman–Crippen MR) is 75.2 cm³/mol. The number of thiophene rings is 1. The SMILES string of the molecule is O=C(O)C1(NCc2cccs2)CCc2ccccc21. The highest BCUT2D eigenvalue weighted by molar-refractivity contribution is 7.09. The van der Waals surface area contributed by atoms with E-state index < -0.39 is 11.5 Å². The van der Waals surface area contributed by atoms with Crippen molar-refractivity contribution in [3.8, 4) is 0 Å². The fourth-order valence-corrected chi connectivity index (χ4v) is 3.39. The van der Waals surface area contributed by atoms with Gasteiger partial charge in [-0.15, -0.1) is 11.3 Å². The molecule has 0 aliphatic heterocycles. The molecule has 2 N–H and O–H groups in total. The van der Waals surface area contributed by atoms with Gasteiger partial charge in [-0.25, -0.2) is 4.79 Å². The Hall–Kier alpha value is -1.65. The molecule has 1 heterocycles. The molecule has 0 fully saturated rings. The molecular formula is C15H15NO2S. The monoisotopic (exact) mass is 273 g/mol. The Balaban J connectivity index is 1.91. The number of rotatable bonds is 4. The number of hydrogen-bond donors (Lipinski definition) is 2. The molecule has 0 saturated carbocycles. The zero-order valence-electron chi connectivity index (χ0n) is 10.4. The molecule has 0 saturated heterocycles. The van der Waals surface area contributed by atoms with Crippen LogP contribution in [0, 0.1) is 0 Å². The van der Waals surface area contributed by atoms with Gasteiger partial charge in [-0.2, -0.15) is 0 Å². The van der Waals surface area contributed by atoms with Gasteiger partial charge in [-0.1, -0.05) is 30.3 Å². The van der Waals surface area contributed by atoms with E-state index in [2.05, 4.69) is 5.32 Å². The molecule has 0 amide bonds. The Morgan fingerprint density at radius 2 is 2.16 bits per heavy atom. The Morgan fingerprint density at radius 1 is 1.32 bits per heavy atom. The van der Waals surface area contributed by atoms with E-state index in [0.29, 0.717) is 13.0 Å². The van der Waals surface area contributed by atoms with E-state index in [0.717, 1.165) is 22.4 Å². The number of fused-ring (bicyclic) bond motifs is 1. The van der Waals surface area contributed by atoms with Crippen LogP contribution < -0.4 is 5.32 Å². The molecule has 1 aliphatic rings. The lowest BCUT2D eigenvalue weighted by Crippen LogP contribution is -2.47. The molecule has 0 spiro atoms. The third kappa shape index (κ3) is 2.07. The molecule has 1 aromatic carbocycles. The zero-order chi connectivity index (χ0) is 13.3. The second kappa shape index (κ2) is 4.79. The van der Waals surface area contributed by atoms with Crippen LogP contribution in [0.3, 0.4) is 0 Å². The molecule has 3 nitrogen and oxygen atoms in total. The van der Waals surface area contributed by atoms with E-state index in [1.807, 2.05) is 41.8 Å². The summed E-state index contributed by atoms with van der Waals surface area (Å²) in [5, 5.41) is 15.0. The summed E-state index contributed by atoms with van der Waals surface area (Å²) in [6.07, 6.45) is 1.44. The highest BCUT2D eigenvalue weighted by Gasteiger charge is 2.44. The first-order valence-corrected chi connectivity index (χ1v) is 7.19. The van der Waals surface area contributed by atoms with Gasteiger partial charge in [0.2, 0.25) is 0 Å². The minimum Gasteiger partial charge on any atom is -0.480 e. The summed E-state index contributed by atoms with van der Waals surface area (Å²) in [6, 6.07) is 11.8. The van der Waals surface area contributed by atoms with Crippen molar-refractivity contribution in [2.45, 2.75) is 24.9 Å². The van der Waals surface area contributed by atoms with Gasteiger partial charge < -0.3 is 5.11 Å². The van der Waals surface area contributed by atoms with E-state index in [-0.39, 0.29) is 0 Å². The van der Waals surface area contributed by atoms with E-state index in [9.17, 15) is 9.90 Å². The smallest absolute Gasteiger partial charge is 0.328 e. The summed E-state index contributed by atoms with van der Waals surface area (Å²) in [5.74, 6) is -0.783. The number of aryl methyl sites for hydroxylation is 1. The van der Waals surface area contributed by atoms with E-state index in [4.69, 9.17) is 0 Å². The Bertz CT molecular complexity index is 594. The molecule has 1 unspecified atom stereocenters. The van der Waals surface area contributed by atoms with Crippen molar-refractivity contribution < 1.29 is 9.90 Å². The Kier molecular flexibility index (Phi) is 3.12. The lowest BCUT2D eigenvalue weighted by atomic mass is 9.92. The van der Waals surface area contributed by atoms with Gasteiger partial charge in [-0.05, 0) is 35.4 Å².